The van der Waals surface area contributed by atoms with Crippen LogP contribution in [0.5, 0.6) is 11.5 Å². The van der Waals surface area contributed by atoms with Crippen LogP contribution in [0.1, 0.15) is 13.3 Å². The summed E-state index contributed by atoms with van der Waals surface area (Å²) in [5, 5.41) is 0.441. The van der Waals surface area contributed by atoms with Crippen molar-refractivity contribution in [2.45, 2.75) is 19.4 Å². The topological polar surface area (TPSA) is 38.8 Å². The van der Waals surface area contributed by atoms with Crippen LogP contribution in [0.3, 0.4) is 0 Å². The van der Waals surface area contributed by atoms with Crippen molar-refractivity contribution >= 4 is 17.5 Å². The van der Waals surface area contributed by atoms with Crippen molar-refractivity contribution in [1.29, 1.82) is 0 Å². The SMILES string of the molecule is CCC(Oc1cc(Cl)cc(-c2ccc(OC)c(F)c2)c1)C(=O)N(C)C. The lowest BCUT2D eigenvalue weighted by molar-refractivity contribution is -0.136. The standard InChI is InChI=1S/C19H21ClFNO3/c1-5-17(19(23)22(2)3)25-15-9-13(8-14(20)11-15)12-6-7-18(24-4)16(21)10-12/h6-11,17H,5H2,1-4H3. The van der Waals surface area contributed by atoms with Crippen molar-refractivity contribution in [2.24, 2.45) is 0 Å². The van der Waals surface area contributed by atoms with Gasteiger partial charge in [-0.1, -0.05) is 24.6 Å². The second-order valence-electron chi connectivity index (χ2n) is 5.77. The second kappa shape index (κ2) is 8.21. The molecule has 2 aromatic rings. The number of hydrogen-bond donors (Lipinski definition) is 0. The molecular formula is C19H21ClFNO3. The van der Waals surface area contributed by atoms with Gasteiger partial charge >= 0.3 is 0 Å². The van der Waals surface area contributed by atoms with Gasteiger partial charge in [-0.3, -0.25) is 4.79 Å². The molecule has 1 atom stereocenters. The Labute approximate surface area is 152 Å². The summed E-state index contributed by atoms with van der Waals surface area (Å²) >= 11 is 6.17. The zero-order valence-corrected chi connectivity index (χ0v) is 15.4. The Balaban J connectivity index is 2.34. The fourth-order valence-corrected chi connectivity index (χ4v) is 2.63. The summed E-state index contributed by atoms with van der Waals surface area (Å²) in [6.45, 7) is 1.87. The van der Waals surface area contributed by atoms with E-state index in [1.165, 1.54) is 18.1 Å². The van der Waals surface area contributed by atoms with Gasteiger partial charge < -0.3 is 14.4 Å². The fraction of sp³-hybridized carbons (Fsp3) is 0.316. The molecule has 0 fully saturated rings. The van der Waals surface area contributed by atoms with Crippen LogP contribution >= 0.6 is 11.6 Å². The largest absolute Gasteiger partial charge is 0.494 e. The molecule has 0 saturated carbocycles. The molecule has 0 aliphatic carbocycles. The van der Waals surface area contributed by atoms with E-state index in [1.807, 2.05) is 6.92 Å². The van der Waals surface area contributed by atoms with Crippen molar-refractivity contribution in [3.05, 3.63) is 47.2 Å². The van der Waals surface area contributed by atoms with E-state index in [1.54, 1.807) is 44.4 Å². The van der Waals surface area contributed by atoms with E-state index in [-0.39, 0.29) is 11.7 Å². The number of methoxy groups -OCH3 is 1. The third kappa shape index (κ3) is 4.63. The van der Waals surface area contributed by atoms with E-state index in [0.717, 1.165) is 0 Å². The third-order valence-corrected chi connectivity index (χ3v) is 3.94. The number of amides is 1. The molecule has 0 N–H and O–H groups in total. The van der Waals surface area contributed by atoms with Gasteiger partial charge in [0.1, 0.15) is 5.75 Å². The van der Waals surface area contributed by atoms with Crippen LogP contribution in [0.2, 0.25) is 5.02 Å². The molecule has 2 rings (SSSR count). The quantitative estimate of drug-likeness (QED) is 0.761. The van der Waals surface area contributed by atoms with E-state index >= 15 is 0 Å². The maximum Gasteiger partial charge on any atom is 0.263 e. The van der Waals surface area contributed by atoms with E-state index in [4.69, 9.17) is 21.1 Å². The summed E-state index contributed by atoms with van der Waals surface area (Å²) in [5.74, 6) is 0.0434. The Morgan fingerprint density at radius 3 is 2.48 bits per heavy atom. The number of carbonyl (C=O) groups excluding carboxylic acids is 1. The monoisotopic (exact) mass is 365 g/mol. The first-order valence-electron chi connectivity index (χ1n) is 7.88. The molecule has 0 radical (unpaired) electrons. The highest BCUT2D eigenvalue weighted by atomic mass is 35.5. The fourth-order valence-electron chi connectivity index (χ4n) is 2.40. The lowest BCUT2D eigenvalue weighted by Gasteiger charge is -2.21. The van der Waals surface area contributed by atoms with Crippen LogP contribution < -0.4 is 9.47 Å². The number of likely N-dealkylation sites (N-methyl/N-ethyl adjacent to an activating group) is 1. The van der Waals surface area contributed by atoms with Crippen molar-refractivity contribution in [2.75, 3.05) is 21.2 Å². The highest BCUT2D eigenvalue weighted by Crippen LogP contribution is 2.31. The summed E-state index contributed by atoms with van der Waals surface area (Å²) in [7, 11) is 4.77. The number of halogens is 2. The lowest BCUT2D eigenvalue weighted by Crippen LogP contribution is -2.37. The number of carbonyl (C=O) groups is 1. The van der Waals surface area contributed by atoms with Gasteiger partial charge in [0.25, 0.3) is 5.91 Å². The second-order valence-corrected chi connectivity index (χ2v) is 6.21. The zero-order valence-electron chi connectivity index (χ0n) is 14.7. The van der Waals surface area contributed by atoms with E-state index in [9.17, 15) is 9.18 Å². The highest BCUT2D eigenvalue weighted by molar-refractivity contribution is 6.31. The molecule has 0 heterocycles. The molecule has 134 valence electrons. The van der Waals surface area contributed by atoms with E-state index < -0.39 is 11.9 Å². The number of hydrogen-bond acceptors (Lipinski definition) is 3. The molecule has 0 bridgehead atoms. The van der Waals surface area contributed by atoms with Crippen LogP contribution in [-0.4, -0.2) is 38.1 Å². The van der Waals surface area contributed by atoms with Crippen LogP contribution in [0.25, 0.3) is 11.1 Å². The van der Waals surface area contributed by atoms with Crippen LogP contribution in [-0.2, 0) is 4.79 Å². The van der Waals surface area contributed by atoms with E-state index in [2.05, 4.69) is 0 Å². The summed E-state index contributed by atoms with van der Waals surface area (Å²) in [4.78, 5) is 13.6. The predicted molar refractivity (Wildman–Crippen MR) is 96.8 cm³/mol. The van der Waals surface area contributed by atoms with Gasteiger partial charge in [-0.2, -0.15) is 0 Å². The number of ether oxygens (including phenoxy) is 2. The van der Waals surface area contributed by atoms with Crippen LogP contribution in [0, 0.1) is 5.82 Å². The smallest absolute Gasteiger partial charge is 0.263 e. The predicted octanol–water partition coefficient (Wildman–Crippen LogP) is 4.40. The Hall–Kier alpha value is -2.27. The summed E-state index contributed by atoms with van der Waals surface area (Å²) in [6, 6.07) is 9.74. The summed E-state index contributed by atoms with van der Waals surface area (Å²) in [5.41, 5.74) is 1.33. The Morgan fingerprint density at radius 1 is 1.20 bits per heavy atom. The molecule has 4 nitrogen and oxygen atoms in total. The zero-order chi connectivity index (χ0) is 18.6. The van der Waals surface area contributed by atoms with Gasteiger partial charge in [-0.05, 0) is 47.9 Å². The van der Waals surface area contributed by atoms with Gasteiger partial charge in [-0.25, -0.2) is 4.39 Å². The molecule has 0 aromatic heterocycles. The van der Waals surface area contributed by atoms with Gasteiger partial charge in [0.05, 0.1) is 7.11 Å². The molecule has 0 spiro atoms. The third-order valence-electron chi connectivity index (χ3n) is 3.72. The van der Waals surface area contributed by atoms with Crippen molar-refractivity contribution in [3.8, 4) is 22.6 Å². The Morgan fingerprint density at radius 2 is 1.92 bits per heavy atom. The first-order valence-corrected chi connectivity index (χ1v) is 8.25. The Kier molecular flexibility index (Phi) is 6.26. The minimum Gasteiger partial charge on any atom is -0.494 e. The van der Waals surface area contributed by atoms with Gasteiger partial charge in [0, 0.05) is 19.1 Å². The maximum absolute atomic E-state index is 14.0. The normalized spacial score (nSPS) is 11.8. The Bertz CT molecular complexity index is 764. The van der Waals surface area contributed by atoms with Crippen molar-refractivity contribution < 1.29 is 18.7 Å². The molecular weight excluding hydrogens is 345 g/mol. The van der Waals surface area contributed by atoms with Gasteiger partial charge in [-0.15, -0.1) is 0 Å². The maximum atomic E-state index is 14.0. The lowest BCUT2D eigenvalue weighted by atomic mass is 10.0. The summed E-state index contributed by atoms with van der Waals surface area (Å²) < 4.78 is 24.7. The average Bonchev–Trinajstić information content (AvgIpc) is 2.58. The molecule has 25 heavy (non-hydrogen) atoms. The molecule has 0 aliphatic rings. The molecule has 0 aliphatic heterocycles. The average molecular weight is 366 g/mol. The van der Waals surface area contributed by atoms with Gasteiger partial charge in [0.15, 0.2) is 17.7 Å². The van der Waals surface area contributed by atoms with E-state index in [0.29, 0.717) is 28.3 Å². The minimum atomic E-state index is -0.603. The molecule has 0 saturated heterocycles. The molecule has 1 unspecified atom stereocenters. The number of nitrogens with zero attached hydrogens (tertiary/aromatic N) is 1. The highest BCUT2D eigenvalue weighted by Gasteiger charge is 2.20. The van der Waals surface area contributed by atoms with Crippen molar-refractivity contribution in [3.63, 3.8) is 0 Å². The first kappa shape index (κ1) is 19.1. The molecule has 1 amide bonds. The molecule has 2 aromatic carbocycles. The van der Waals surface area contributed by atoms with Crippen LogP contribution in [0.4, 0.5) is 4.39 Å². The van der Waals surface area contributed by atoms with Crippen molar-refractivity contribution in [1.82, 2.24) is 4.90 Å². The molecule has 6 heteroatoms. The number of benzene rings is 2. The minimum absolute atomic E-state index is 0.125. The first-order chi connectivity index (χ1) is 11.8. The van der Waals surface area contributed by atoms with Gasteiger partial charge in [0.2, 0.25) is 0 Å². The number of rotatable bonds is 6. The van der Waals surface area contributed by atoms with Crippen LogP contribution in [0.15, 0.2) is 36.4 Å². The summed E-state index contributed by atoms with van der Waals surface area (Å²) in [6.07, 6.45) is -0.0790.